The molecule has 2 bridgehead atoms. The molecule has 3 aliphatic rings. The summed E-state index contributed by atoms with van der Waals surface area (Å²) in [5, 5.41) is 2.87. The number of hydrogen-bond donors (Lipinski definition) is 1. The van der Waals surface area contributed by atoms with Gasteiger partial charge in [-0.2, -0.15) is 0 Å². The number of amides is 2. The van der Waals surface area contributed by atoms with Crippen molar-refractivity contribution in [2.75, 3.05) is 32.7 Å². The largest absolute Gasteiger partial charge is 0.459 e. The second-order valence-electron chi connectivity index (χ2n) is 8.56. The number of hydrogen-bond acceptors (Lipinski definition) is 5. The van der Waals surface area contributed by atoms with Gasteiger partial charge in [0.25, 0.3) is 11.5 Å². The van der Waals surface area contributed by atoms with Crippen LogP contribution < -0.4 is 10.9 Å². The van der Waals surface area contributed by atoms with Gasteiger partial charge in [-0.1, -0.05) is 6.07 Å². The van der Waals surface area contributed by atoms with E-state index < -0.39 is 0 Å². The van der Waals surface area contributed by atoms with Gasteiger partial charge < -0.3 is 19.2 Å². The Labute approximate surface area is 174 Å². The van der Waals surface area contributed by atoms with Crippen LogP contribution in [0.15, 0.2) is 39.7 Å². The molecular weight excluding hydrogens is 384 g/mol. The van der Waals surface area contributed by atoms with E-state index in [1.165, 1.54) is 6.26 Å². The van der Waals surface area contributed by atoms with Gasteiger partial charge in [-0.25, -0.2) is 0 Å². The first-order chi connectivity index (χ1) is 14.6. The first kappa shape index (κ1) is 19.1. The maximum absolute atomic E-state index is 13.2. The van der Waals surface area contributed by atoms with Crippen LogP contribution in [0.4, 0.5) is 0 Å². The Kier molecular flexibility index (Phi) is 4.94. The van der Waals surface area contributed by atoms with E-state index in [2.05, 4.69) is 16.3 Å². The van der Waals surface area contributed by atoms with Crippen molar-refractivity contribution in [2.24, 2.45) is 5.92 Å². The molecule has 5 heterocycles. The van der Waals surface area contributed by atoms with Crippen molar-refractivity contribution < 1.29 is 14.0 Å². The fourth-order valence-electron chi connectivity index (χ4n) is 5.05. The number of rotatable bonds is 3. The van der Waals surface area contributed by atoms with E-state index in [0.29, 0.717) is 51.4 Å². The van der Waals surface area contributed by atoms with Gasteiger partial charge in [-0.15, -0.1) is 0 Å². The Morgan fingerprint density at radius 2 is 2.03 bits per heavy atom. The van der Waals surface area contributed by atoms with E-state index in [-0.39, 0.29) is 29.2 Å². The number of furan rings is 1. The number of likely N-dealkylation sites (tertiary alicyclic amines) is 1. The topological polar surface area (TPSA) is 87.8 Å². The average Bonchev–Trinajstić information content (AvgIpc) is 3.20. The molecule has 2 fully saturated rings. The Bertz CT molecular complexity index is 1010. The van der Waals surface area contributed by atoms with Gasteiger partial charge >= 0.3 is 0 Å². The molecule has 0 saturated carbocycles. The summed E-state index contributed by atoms with van der Waals surface area (Å²) in [7, 11) is 0. The highest BCUT2D eigenvalue weighted by atomic mass is 16.3. The summed E-state index contributed by atoms with van der Waals surface area (Å²) in [6.07, 6.45) is 2.99. The summed E-state index contributed by atoms with van der Waals surface area (Å²) in [4.78, 5) is 41.5. The molecule has 0 aromatic carbocycles. The monoisotopic (exact) mass is 410 g/mol. The molecule has 1 N–H and O–H groups in total. The normalized spacial score (nSPS) is 24.1. The second-order valence-corrected chi connectivity index (χ2v) is 8.56. The lowest BCUT2D eigenvalue weighted by Crippen LogP contribution is -2.49. The Balaban J connectivity index is 1.35. The molecule has 5 rings (SSSR count). The molecule has 2 atom stereocenters. The highest BCUT2D eigenvalue weighted by Crippen LogP contribution is 2.35. The lowest BCUT2D eigenvalue weighted by Gasteiger charge is -2.42. The summed E-state index contributed by atoms with van der Waals surface area (Å²) in [5.74, 6) is 0.794. The maximum Gasteiger partial charge on any atom is 0.289 e. The molecule has 30 heavy (non-hydrogen) atoms. The average molecular weight is 410 g/mol. The van der Waals surface area contributed by atoms with E-state index in [9.17, 15) is 14.4 Å². The SMILES string of the molecule is O=C1CCN(Cc2ccc3n(c2=O)C[C@H]2C[C@@H]3CN(C(=O)c3ccco3)C2)CCN1. The lowest BCUT2D eigenvalue weighted by atomic mass is 9.83. The van der Waals surface area contributed by atoms with Gasteiger partial charge in [0.2, 0.25) is 5.91 Å². The van der Waals surface area contributed by atoms with Crippen LogP contribution in [-0.4, -0.2) is 58.9 Å². The zero-order valence-corrected chi connectivity index (χ0v) is 16.9. The molecule has 2 aromatic rings. The highest BCUT2D eigenvalue weighted by Gasteiger charge is 2.37. The molecular formula is C22H26N4O4. The minimum atomic E-state index is -0.0774. The quantitative estimate of drug-likeness (QED) is 0.817. The highest BCUT2D eigenvalue weighted by molar-refractivity contribution is 5.91. The molecule has 2 amide bonds. The van der Waals surface area contributed by atoms with Crippen molar-refractivity contribution in [1.82, 2.24) is 19.7 Å². The van der Waals surface area contributed by atoms with Crippen molar-refractivity contribution >= 4 is 11.8 Å². The Morgan fingerprint density at radius 1 is 1.13 bits per heavy atom. The molecule has 8 heteroatoms. The first-order valence-corrected chi connectivity index (χ1v) is 10.6. The standard InChI is InChI=1S/C22H26N4O4/c27-20-5-7-24(8-6-23-20)13-16-3-4-18-17-10-15(12-26(18)21(16)28)11-25(14-17)22(29)19-2-1-9-30-19/h1-4,9,15,17H,5-8,10-14H2,(H,23,27)/t15-,17+/m0/s1. The van der Waals surface area contributed by atoms with Crippen LogP contribution in [0.5, 0.6) is 0 Å². The van der Waals surface area contributed by atoms with Crippen molar-refractivity contribution in [3.63, 3.8) is 0 Å². The van der Waals surface area contributed by atoms with Crippen LogP contribution in [-0.2, 0) is 17.9 Å². The third-order valence-electron chi connectivity index (χ3n) is 6.50. The van der Waals surface area contributed by atoms with Gasteiger partial charge in [0.15, 0.2) is 5.76 Å². The van der Waals surface area contributed by atoms with Crippen molar-refractivity contribution in [2.45, 2.75) is 31.8 Å². The summed E-state index contributed by atoms with van der Waals surface area (Å²) in [6, 6.07) is 7.41. The van der Waals surface area contributed by atoms with E-state index in [1.54, 1.807) is 12.1 Å². The van der Waals surface area contributed by atoms with Crippen molar-refractivity contribution in [3.8, 4) is 0 Å². The van der Waals surface area contributed by atoms with Crippen LogP contribution in [0, 0.1) is 5.92 Å². The minimum absolute atomic E-state index is 0.0662. The van der Waals surface area contributed by atoms with Crippen LogP contribution in [0.25, 0.3) is 0 Å². The Morgan fingerprint density at radius 3 is 2.87 bits per heavy atom. The number of nitrogens with one attached hydrogen (secondary N) is 1. The summed E-state index contributed by atoms with van der Waals surface area (Å²) < 4.78 is 7.21. The predicted molar refractivity (Wildman–Crippen MR) is 109 cm³/mol. The van der Waals surface area contributed by atoms with Gasteiger partial charge in [0.05, 0.1) is 6.26 Å². The van der Waals surface area contributed by atoms with Gasteiger partial charge in [0.1, 0.15) is 0 Å². The molecule has 0 radical (unpaired) electrons. The van der Waals surface area contributed by atoms with Crippen LogP contribution >= 0.6 is 0 Å². The summed E-state index contributed by atoms with van der Waals surface area (Å²) >= 11 is 0. The maximum atomic E-state index is 13.2. The molecule has 8 nitrogen and oxygen atoms in total. The fourth-order valence-corrected chi connectivity index (χ4v) is 5.05. The Hall–Kier alpha value is -2.87. The summed E-state index contributed by atoms with van der Waals surface area (Å²) in [6.45, 7) is 4.49. The van der Waals surface area contributed by atoms with E-state index in [1.807, 2.05) is 15.5 Å². The lowest BCUT2D eigenvalue weighted by molar-refractivity contribution is -0.120. The van der Waals surface area contributed by atoms with Crippen LogP contribution in [0.3, 0.4) is 0 Å². The van der Waals surface area contributed by atoms with Gasteiger partial charge in [0, 0.05) is 69.4 Å². The van der Waals surface area contributed by atoms with Crippen LogP contribution in [0.2, 0.25) is 0 Å². The third-order valence-corrected chi connectivity index (χ3v) is 6.50. The van der Waals surface area contributed by atoms with Gasteiger partial charge in [-0.3, -0.25) is 19.3 Å². The third kappa shape index (κ3) is 3.56. The molecule has 3 aliphatic heterocycles. The minimum Gasteiger partial charge on any atom is -0.459 e. The van der Waals surface area contributed by atoms with Crippen molar-refractivity contribution in [3.05, 3.63) is 57.9 Å². The number of aromatic nitrogens is 1. The van der Waals surface area contributed by atoms with Crippen LogP contribution in [0.1, 0.15) is 40.6 Å². The number of fused-ring (bicyclic) bond motifs is 4. The number of carbonyl (C=O) groups excluding carboxylic acids is 2. The number of piperidine rings is 1. The molecule has 0 spiro atoms. The number of pyridine rings is 1. The number of carbonyl (C=O) groups is 2. The summed E-state index contributed by atoms with van der Waals surface area (Å²) in [5.41, 5.74) is 1.86. The fraction of sp³-hybridized carbons (Fsp3) is 0.500. The smallest absolute Gasteiger partial charge is 0.289 e. The van der Waals surface area contributed by atoms with E-state index >= 15 is 0 Å². The zero-order valence-electron chi connectivity index (χ0n) is 16.9. The second kappa shape index (κ2) is 7.75. The predicted octanol–water partition coefficient (Wildman–Crippen LogP) is 1.02. The first-order valence-electron chi connectivity index (χ1n) is 10.6. The van der Waals surface area contributed by atoms with Gasteiger partial charge in [-0.05, 0) is 30.5 Å². The zero-order chi connectivity index (χ0) is 20.7. The molecule has 2 saturated heterocycles. The number of nitrogens with zero attached hydrogens (tertiary/aromatic N) is 3. The molecule has 0 aliphatic carbocycles. The van der Waals surface area contributed by atoms with E-state index in [0.717, 1.165) is 24.2 Å². The van der Waals surface area contributed by atoms with Crippen molar-refractivity contribution in [1.29, 1.82) is 0 Å². The molecule has 158 valence electrons. The molecule has 0 unspecified atom stereocenters. The van der Waals surface area contributed by atoms with E-state index in [4.69, 9.17) is 4.42 Å². The molecule has 2 aromatic heterocycles.